The van der Waals surface area contributed by atoms with Crippen LogP contribution in [0.15, 0.2) is 30.9 Å². The van der Waals surface area contributed by atoms with Crippen LogP contribution in [0, 0.1) is 10.5 Å². The lowest BCUT2D eigenvalue weighted by Gasteiger charge is -2.08. The third-order valence-corrected chi connectivity index (χ3v) is 3.44. The zero-order valence-corrected chi connectivity index (χ0v) is 12.5. The van der Waals surface area contributed by atoms with Gasteiger partial charge in [0.1, 0.15) is 18.4 Å². The Morgan fingerprint density at radius 2 is 2.22 bits per heavy atom. The maximum atomic E-state index is 5.76. The molecule has 0 aliphatic heterocycles. The Morgan fingerprint density at radius 1 is 1.33 bits per heavy atom. The van der Waals surface area contributed by atoms with Gasteiger partial charge in [0.2, 0.25) is 0 Å². The van der Waals surface area contributed by atoms with E-state index in [4.69, 9.17) is 4.74 Å². The molecule has 1 aromatic heterocycles. The van der Waals surface area contributed by atoms with E-state index < -0.39 is 0 Å². The molecule has 0 amide bonds. The van der Waals surface area contributed by atoms with E-state index in [0.29, 0.717) is 0 Å². The molecule has 0 atom stereocenters. The summed E-state index contributed by atoms with van der Waals surface area (Å²) >= 11 is 2.31. The number of nitrogens with zero attached hydrogens (tertiary/aromatic N) is 3. The second-order valence-electron chi connectivity index (χ2n) is 4.15. The summed E-state index contributed by atoms with van der Waals surface area (Å²) in [6.45, 7) is 3.73. The van der Waals surface area contributed by atoms with Crippen molar-refractivity contribution in [2.45, 2.75) is 26.3 Å². The minimum absolute atomic E-state index is 0.744. The largest absolute Gasteiger partial charge is 0.492 e. The van der Waals surface area contributed by atoms with Crippen LogP contribution in [0.5, 0.6) is 5.75 Å². The first-order valence-electron chi connectivity index (χ1n) is 5.97. The Kier molecular flexibility index (Phi) is 4.98. The van der Waals surface area contributed by atoms with Gasteiger partial charge >= 0.3 is 0 Å². The van der Waals surface area contributed by atoms with Gasteiger partial charge in [-0.25, -0.2) is 4.98 Å². The first-order valence-corrected chi connectivity index (χ1v) is 7.05. The molecule has 0 bridgehead atoms. The number of aromatic nitrogens is 3. The summed E-state index contributed by atoms with van der Waals surface area (Å²) in [6.07, 6.45) is 5.37. The van der Waals surface area contributed by atoms with Crippen molar-refractivity contribution in [3.8, 4) is 5.75 Å². The molecule has 0 aliphatic rings. The van der Waals surface area contributed by atoms with Gasteiger partial charge in [-0.3, -0.25) is 4.68 Å². The van der Waals surface area contributed by atoms with E-state index in [2.05, 4.69) is 51.7 Å². The maximum Gasteiger partial charge on any atom is 0.137 e. The van der Waals surface area contributed by atoms with Crippen LogP contribution in [0.4, 0.5) is 0 Å². The minimum atomic E-state index is 0.744. The Labute approximate surface area is 121 Å². The van der Waals surface area contributed by atoms with E-state index in [1.807, 2.05) is 10.7 Å². The molecular weight excluding hydrogens is 341 g/mol. The Hall–Kier alpha value is -1.11. The van der Waals surface area contributed by atoms with Gasteiger partial charge in [-0.1, -0.05) is 6.07 Å². The van der Waals surface area contributed by atoms with Gasteiger partial charge in [-0.05, 0) is 60.1 Å². The van der Waals surface area contributed by atoms with Gasteiger partial charge in [0.05, 0.1) is 10.2 Å². The predicted octanol–water partition coefficient (Wildman–Crippen LogP) is 3.05. The quantitative estimate of drug-likeness (QED) is 0.589. The van der Waals surface area contributed by atoms with E-state index >= 15 is 0 Å². The standard InChI is InChI=1S/C13H16IN3O/c1-11-4-5-13(12(14)8-11)18-7-3-2-6-17-10-15-9-16-17/h4-5,8-10H,2-3,6-7H2,1H3. The van der Waals surface area contributed by atoms with Crippen molar-refractivity contribution in [2.24, 2.45) is 0 Å². The number of aryl methyl sites for hydroxylation is 2. The molecule has 1 aromatic carbocycles. The lowest BCUT2D eigenvalue weighted by molar-refractivity contribution is 0.300. The molecule has 0 aliphatic carbocycles. The average molecular weight is 357 g/mol. The van der Waals surface area contributed by atoms with Crippen molar-refractivity contribution in [3.05, 3.63) is 40.0 Å². The molecule has 0 fully saturated rings. The molecule has 0 unspecified atom stereocenters. The summed E-state index contributed by atoms with van der Waals surface area (Å²) < 4.78 is 8.77. The van der Waals surface area contributed by atoms with Gasteiger partial charge in [0.25, 0.3) is 0 Å². The highest BCUT2D eigenvalue weighted by molar-refractivity contribution is 14.1. The first-order chi connectivity index (χ1) is 8.75. The van der Waals surface area contributed by atoms with E-state index in [1.54, 1.807) is 12.7 Å². The summed E-state index contributed by atoms with van der Waals surface area (Å²) in [6, 6.07) is 6.24. The molecule has 18 heavy (non-hydrogen) atoms. The molecule has 1 heterocycles. The van der Waals surface area contributed by atoms with Crippen LogP contribution >= 0.6 is 22.6 Å². The molecule has 0 spiro atoms. The monoisotopic (exact) mass is 357 g/mol. The Balaban J connectivity index is 1.69. The molecule has 0 radical (unpaired) electrons. The predicted molar refractivity (Wildman–Crippen MR) is 78.6 cm³/mol. The van der Waals surface area contributed by atoms with E-state index in [0.717, 1.165) is 31.7 Å². The van der Waals surface area contributed by atoms with Crippen molar-refractivity contribution in [1.29, 1.82) is 0 Å². The third-order valence-electron chi connectivity index (χ3n) is 2.59. The lowest BCUT2D eigenvalue weighted by atomic mass is 10.2. The van der Waals surface area contributed by atoms with E-state index in [-0.39, 0.29) is 0 Å². The van der Waals surface area contributed by atoms with Gasteiger partial charge in [-0.15, -0.1) is 0 Å². The number of halogens is 1. The van der Waals surface area contributed by atoms with Gasteiger partial charge < -0.3 is 4.74 Å². The summed E-state index contributed by atoms with van der Waals surface area (Å²) in [5.74, 6) is 0.974. The Bertz CT molecular complexity index is 485. The molecular formula is C13H16IN3O. The van der Waals surface area contributed by atoms with Gasteiger partial charge in [-0.2, -0.15) is 5.10 Å². The minimum Gasteiger partial charge on any atom is -0.492 e. The molecule has 2 rings (SSSR count). The fourth-order valence-electron chi connectivity index (χ4n) is 1.63. The summed E-state index contributed by atoms with van der Waals surface area (Å²) in [7, 11) is 0. The van der Waals surface area contributed by atoms with Crippen molar-refractivity contribution >= 4 is 22.6 Å². The van der Waals surface area contributed by atoms with Crippen molar-refractivity contribution in [3.63, 3.8) is 0 Å². The zero-order valence-electron chi connectivity index (χ0n) is 10.3. The molecule has 0 saturated heterocycles. The van der Waals surface area contributed by atoms with Crippen molar-refractivity contribution < 1.29 is 4.74 Å². The van der Waals surface area contributed by atoms with Crippen LogP contribution in [-0.4, -0.2) is 21.4 Å². The van der Waals surface area contributed by atoms with Crippen molar-refractivity contribution in [2.75, 3.05) is 6.61 Å². The summed E-state index contributed by atoms with van der Waals surface area (Å²) in [5, 5.41) is 4.06. The second-order valence-corrected chi connectivity index (χ2v) is 5.31. The van der Waals surface area contributed by atoms with E-state index in [1.165, 1.54) is 9.13 Å². The first kappa shape index (κ1) is 13.3. The number of unbranched alkanes of at least 4 members (excludes halogenated alkanes) is 1. The molecule has 0 N–H and O–H groups in total. The number of benzene rings is 1. The maximum absolute atomic E-state index is 5.76. The lowest BCUT2D eigenvalue weighted by Crippen LogP contribution is -2.03. The highest BCUT2D eigenvalue weighted by Crippen LogP contribution is 2.21. The average Bonchev–Trinajstić information content (AvgIpc) is 2.84. The number of rotatable bonds is 6. The van der Waals surface area contributed by atoms with Crippen LogP contribution in [0.25, 0.3) is 0 Å². The molecule has 5 heteroatoms. The third kappa shape index (κ3) is 3.97. The normalized spacial score (nSPS) is 10.6. The zero-order chi connectivity index (χ0) is 12.8. The van der Waals surface area contributed by atoms with Gasteiger partial charge in [0, 0.05) is 6.54 Å². The van der Waals surface area contributed by atoms with Crippen molar-refractivity contribution in [1.82, 2.24) is 14.8 Å². The van der Waals surface area contributed by atoms with Crippen LogP contribution in [0.3, 0.4) is 0 Å². The smallest absolute Gasteiger partial charge is 0.137 e. The topological polar surface area (TPSA) is 39.9 Å². The molecule has 96 valence electrons. The fourth-order valence-corrected chi connectivity index (χ4v) is 2.46. The number of hydrogen-bond acceptors (Lipinski definition) is 3. The highest BCUT2D eigenvalue weighted by Gasteiger charge is 2.00. The van der Waals surface area contributed by atoms with Crippen LogP contribution in [0.2, 0.25) is 0 Å². The molecule has 4 nitrogen and oxygen atoms in total. The Morgan fingerprint density at radius 3 is 2.94 bits per heavy atom. The SMILES string of the molecule is Cc1ccc(OCCCCn2cncn2)c(I)c1. The molecule has 2 aromatic rings. The van der Waals surface area contributed by atoms with Crippen LogP contribution < -0.4 is 4.74 Å². The van der Waals surface area contributed by atoms with Crippen LogP contribution in [0.1, 0.15) is 18.4 Å². The second kappa shape index (κ2) is 6.72. The molecule has 0 saturated carbocycles. The number of ether oxygens (including phenoxy) is 1. The number of hydrogen-bond donors (Lipinski definition) is 0. The van der Waals surface area contributed by atoms with E-state index in [9.17, 15) is 0 Å². The van der Waals surface area contributed by atoms with Gasteiger partial charge in [0.15, 0.2) is 0 Å². The summed E-state index contributed by atoms with van der Waals surface area (Å²) in [5.41, 5.74) is 1.26. The highest BCUT2D eigenvalue weighted by atomic mass is 127. The summed E-state index contributed by atoms with van der Waals surface area (Å²) in [4.78, 5) is 3.91. The van der Waals surface area contributed by atoms with Crippen LogP contribution in [-0.2, 0) is 6.54 Å². The fraction of sp³-hybridized carbons (Fsp3) is 0.385.